The maximum absolute atomic E-state index is 12.1. The summed E-state index contributed by atoms with van der Waals surface area (Å²) in [6.45, 7) is 0.651. The van der Waals surface area contributed by atoms with Gasteiger partial charge >= 0.3 is 0 Å². The van der Waals surface area contributed by atoms with Crippen molar-refractivity contribution in [3.63, 3.8) is 0 Å². The van der Waals surface area contributed by atoms with E-state index in [0.29, 0.717) is 24.5 Å². The molecule has 7 nitrogen and oxygen atoms in total. The lowest BCUT2D eigenvalue weighted by Crippen LogP contribution is -2.36. The maximum Gasteiger partial charge on any atom is 0.251 e. The molecule has 0 saturated heterocycles. The Morgan fingerprint density at radius 2 is 1.63 bits per heavy atom. The molecule has 2 aromatic carbocycles. The summed E-state index contributed by atoms with van der Waals surface area (Å²) >= 11 is 0. The van der Waals surface area contributed by atoms with Crippen LogP contribution in [-0.2, 0) is 17.9 Å². The third kappa shape index (κ3) is 6.34. The molecule has 0 unspecified atom stereocenters. The van der Waals surface area contributed by atoms with Crippen LogP contribution in [0.2, 0.25) is 0 Å². The minimum absolute atomic E-state index is 0.101. The van der Waals surface area contributed by atoms with Crippen LogP contribution in [0.25, 0.3) is 0 Å². The van der Waals surface area contributed by atoms with Crippen LogP contribution < -0.4 is 20.1 Å². The maximum atomic E-state index is 12.1. The molecule has 1 aromatic heterocycles. The van der Waals surface area contributed by atoms with E-state index >= 15 is 0 Å². The van der Waals surface area contributed by atoms with Gasteiger partial charge in [0.1, 0.15) is 18.1 Å². The number of methoxy groups -OCH3 is 1. The van der Waals surface area contributed by atoms with E-state index in [-0.39, 0.29) is 18.4 Å². The summed E-state index contributed by atoms with van der Waals surface area (Å²) in [5.41, 5.74) is 2.24. The molecule has 2 N–H and O–H groups in total. The summed E-state index contributed by atoms with van der Waals surface area (Å²) in [6, 6.07) is 19.8. The molecule has 30 heavy (non-hydrogen) atoms. The molecule has 0 atom stereocenters. The minimum Gasteiger partial charge on any atom is -0.497 e. The predicted octanol–water partition coefficient (Wildman–Crippen LogP) is 2.72. The van der Waals surface area contributed by atoms with Crippen LogP contribution in [0.15, 0.2) is 72.9 Å². The molecule has 3 aromatic rings. The topological polar surface area (TPSA) is 89.5 Å². The first-order valence-corrected chi connectivity index (χ1v) is 9.44. The summed E-state index contributed by atoms with van der Waals surface area (Å²) in [7, 11) is 1.56. The third-order valence-corrected chi connectivity index (χ3v) is 4.29. The summed E-state index contributed by atoms with van der Waals surface area (Å²) < 4.78 is 10.7. The SMILES string of the molecule is COc1ccc(C(=O)NCC(=O)NCc2ccc(OCc3ccccn3)cc2)cc1. The molecule has 0 bridgehead atoms. The fraction of sp³-hybridized carbons (Fsp3) is 0.174. The molecule has 0 spiro atoms. The third-order valence-electron chi connectivity index (χ3n) is 4.29. The van der Waals surface area contributed by atoms with Crippen LogP contribution in [0.3, 0.4) is 0 Å². The molecule has 0 saturated carbocycles. The van der Waals surface area contributed by atoms with Crippen molar-refractivity contribution in [3.05, 3.63) is 89.7 Å². The number of nitrogens with one attached hydrogen (secondary N) is 2. The molecule has 0 aliphatic heterocycles. The smallest absolute Gasteiger partial charge is 0.251 e. The van der Waals surface area contributed by atoms with Gasteiger partial charge in [0.05, 0.1) is 19.3 Å². The Hall–Kier alpha value is -3.87. The van der Waals surface area contributed by atoms with Gasteiger partial charge in [0.2, 0.25) is 5.91 Å². The zero-order chi connectivity index (χ0) is 21.2. The van der Waals surface area contributed by atoms with Crippen molar-refractivity contribution in [3.8, 4) is 11.5 Å². The van der Waals surface area contributed by atoms with Crippen LogP contribution in [0.1, 0.15) is 21.6 Å². The summed E-state index contributed by atoms with van der Waals surface area (Å²) in [5, 5.41) is 5.37. The van der Waals surface area contributed by atoms with E-state index in [1.807, 2.05) is 42.5 Å². The minimum atomic E-state index is -0.317. The lowest BCUT2D eigenvalue weighted by atomic mass is 10.2. The normalized spacial score (nSPS) is 10.2. The lowest BCUT2D eigenvalue weighted by Gasteiger charge is -2.09. The van der Waals surface area contributed by atoms with E-state index in [9.17, 15) is 9.59 Å². The highest BCUT2D eigenvalue weighted by atomic mass is 16.5. The highest BCUT2D eigenvalue weighted by Crippen LogP contribution is 2.14. The molecule has 3 rings (SSSR count). The van der Waals surface area contributed by atoms with Crippen LogP contribution >= 0.6 is 0 Å². The van der Waals surface area contributed by atoms with Crippen molar-refractivity contribution >= 4 is 11.8 Å². The number of hydrogen-bond donors (Lipinski definition) is 2. The number of carbonyl (C=O) groups is 2. The van der Waals surface area contributed by atoms with Gasteiger partial charge in [-0.1, -0.05) is 18.2 Å². The number of amides is 2. The monoisotopic (exact) mass is 405 g/mol. The van der Waals surface area contributed by atoms with E-state index in [1.165, 1.54) is 0 Å². The van der Waals surface area contributed by atoms with Crippen LogP contribution in [0, 0.1) is 0 Å². The van der Waals surface area contributed by atoms with Crippen molar-refractivity contribution < 1.29 is 19.1 Å². The van der Waals surface area contributed by atoms with Crippen molar-refractivity contribution in [1.82, 2.24) is 15.6 Å². The molecular weight excluding hydrogens is 382 g/mol. The van der Waals surface area contributed by atoms with Gasteiger partial charge < -0.3 is 20.1 Å². The van der Waals surface area contributed by atoms with Crippen LogP contribution in [0.5, 0.6) is 11.5 Å². The van der Waals surface area contributed by atoms with Gasteiger partial charge in [-0.15, -0.1) is 0 Å². The van der Waals surface area contributed by atoms with Crippen molar-refractivity contribution in [1.29, 1.82) is 0 Å². The highest BCUT2D eigenvalue weighted by molar-refractivity contribution is 5.96. The van der Waals surface area contributed by atoms with Crippen LogP contribution in [0.4, 0.5) is 0 Å². The first-order valence-electron chi connectivity index (χ1n) is 9.44. The Balaban J connectivity index is 1.39. The second kappa shape index (κ2) is 10.6. The average molecular weight is 405 g/mol. The molecule has 154 valence electrons. The first-order chi connectivity index (χ1) is 14.6. The van der Waals surface area contributed by atoms with E-state index in [4.69, 9.17) is 9.47 Å². The van der Waals surface area contributed by atoms with E-state index in [0.717, 1.165) is 17.0 Å². The van der Waals surface area contributed by atoms with E-state index in [2.05, 4.69) is 15.6 Å². The number of ether oxygens (including phenoxy) is 2. The predicted molar refractivity (Wildman–Crippen MR) is 112 cm³/mol. The largest absolute Gasteiger partial charge is 0.497 e. The molecule has 0 aliphatic carbocycles. The summed E-state index contributed by atoms with van der Waals surface area (Å²) in [6.07, 6.45) is 1.73. The molecule has 0 fully saturated rings. The Labute approximate surface area is 175 Å². The first kappa shape index (κ1) is 20.9. The van der Waals surface area contributed by atoms with Gasteiger partial charge in [-0.25, -0.2) is 0 Å². The average Bonchev–Trinajstić information content (AvgIpc) is 2.81. The van der Waals surface area contributed by atoms with Crippen LogP contribution in [-0.4, -0.2) is 30.5 Å². The van der Waals surface area contributed by atoms with Gasteiger partial charge in [0.15, 0.2) is 0 Å². The standard InChI is InChI=1S/C23H23N3O4/c1-29-20-11-7-18(8-12-20)23(28)26-15-22(27)25-14-17-5-9-21(10-6-17)30-16-19-4-2-3-13-24-19/h2-13H,14-16H2,1H3,(H,25,27)(H,26,28). The lowest BCUT2D eigenvalue weighted by molar-refractivity contribution is -0.120. The number of pyridine rings is 1. The van der Waals surface area contributed by atoms with E-state index in [1.54, 1.807) is 37.6 Å². The fourth-order valence-corrected chi connectivity index (χ4v) is 2.61. The van der Waals surface area contributed by atoms with Gasteiger partial charge in [0.25, 0.3) is 5.91 Å². The van der Waals surface area contributed by atoms with E-state index < -0.39 is 0 Å². The number of carbonyl (C=O) groups excluding carboxylic acids is 2. The number of benzene rings is 2. The molecule has 0 radical (unpaired) electrons. The second-order valence-corrected chi connectivity index (χ2v) is 6.44. The molecule has 0 aliphatic rings. The molecule has 2 amide bonds. The number of rotatable bonds is 9. The van der Waals surface area contributed by atoms with Gasteiger partial charge in [-0.05, 0) is 54.1 Å². The molecular formula is C23H23N3O4. The Morgan fingerprint density at radius 3 is 2.30 bits per heavy atom. The molecule has 7 heteroatoms. The van der Waals surface area contributed by atoms with Gasteiger partial charge in [-0.2, -0.15) is 0 Å². The van der Waals surface area contributed by atoms with Crippen molar-refractivity contribution in [2.45, 2.75) is 13.2 Å². The Bertz CT molecular complexity index is 958. The summed E-state index contributed by atoms with van der Waals surface area (Å²) in [5.74, 6) is 0.800. The highest BCUT2D eigenvalue weighted by Gasteiger charge is 2.08. The van der Waals surface area contributed by atoms with Crippen molar-refractivity contribution in [2.24, 2.45) is 0 Å². The second-order valence-electron chi connectivity index (χ2n) is 6.44. The van der Waals surface area contributed by atoms with Crippen molar-refractivity contribution in [2.75, 3.05) is 13.7 Å². The van der Waals surface area contributed by atoms with Gasteiger partial charge in [0, 0.05) is 18.3 Å². The fourth-order valence-electron chi connectivity index (χ4n) is 2.61. The zero-order valence-corrected chi connectivity index (χ0v) is 16.6. The Kier molecular flexibility index (Phi) is 7.38. The number of nitrogens with zero attached hydrogens (tertiary/aromatic N) is 1. The zero-order valence-electron chi connectivity index (χ0n) is 16.6. The number of aromatic nitrogens is 1. The van der Waals surface area contributed by atoms with Gasteiger partial charge in [-0.3, -0.25) is 14.6 Å². The molecule has 1 heterocycles. The Morgan fingerprint density at radius 1 is 0.900 bits per heavy atom. The quantitative estimate of drug-likeness (QED) is 0.571. The number of hydrogen-bond acceptors (Lipinski definition) is 5. The summed E-state index contributed by atoms with van der Waals surface area (Å²) in [4.78, 5) is 28.3.